The molecule has 1 amide bonds. The molecule has 0 aromatic heterocycles. The molecule has 1 aliphatic heterocycles. The average Bonchev–Trinajstić information content (AvgIpc) is 2.54. The molecule has 0 spiro atoms. The van der Waals surface area contributed by atoms with E-state index in [9.17, 15) is 4.79 Å². The summed E-state index contributed by atoms with van der Waals surface area (Å²) in [5.41, 5.74) is 6.70. The highest BCUT2D eigenvalue weighted by Gasteiger charge is 2.29. The summed E-state index contributed by atoms with van der Waals surface area (Å²) in [5.74, 6) is -0.0235. The highest BCUT2D eigenvalue weighted by molar-refractivity contribution is 5.85. The number of amides is 1. The molecule has 1 aromatic carbocycles. The van der Waals surface area contributed by atoms with Gasteiger partial charge in [0.25, 0.3) is 0 Å². The summed E-state index contributed by atoms with van der Waals surface area (Å²) in [7, 11) is 0. The van der Waals surface area contributed by atoms with Gasteiger partial charge in [0.15, 0.2) is 0 Å². The number of carbonyl (C=O) groups excluding carboxylic acids is 1. The lowest BCUT2D eigenvalue weighted by atomic mass is 9.96. The minimum absolute atomic E-state index is 0. The van der Waals surface area contributed by atoms with Crippen LogP contribution in [0.3, 0.4) is 0 Å². The van der Waals surface area contributed by atoms with Gasteiger partial charge in [0, 0.05) is 19.1 Å². The van der Waals surface area contributed by atoms with Gasteiger partial charge in [-0.3, -0.25) is 9.69 Å². The van der Waals surface area contributed by atoms with Gasteiger partial charge in [0.2, 0.25) is 5.91 Å². The van der Waals surface area contributed by atoms with E-state index in [2.05, 4.69) is 41.4 Å². The van der Waals surface area contributed by atoms with Gasteiger partial charge in [0.1, 0.15) is 0 Å². The molecule has 136 valence electrons. The van der Waals surface area contributed by atoms with Gasteiger partial charge < -0.3 is 11.1 Å². The molecule has 1 aromatic rings. The number of likely N-dealkylation sites (tertiary alicyclic amines) is 1. The minimum atomic E-state index is -0.756. The number of benzene rings is 1. The fourth-order valence-electron chi connectivity index (χ4n) is 3.36. The Morgan fingerprint density at radius 1 is 1.33 bits per heavy atom. The molecule has 24 heavy (non-hydrogen) atoms. The molecule has 0 aliphatic carbocycles. The van der Waals surface area contributed by atoms with Crippen LogP contribution in [0.15, 0.2) is 30.3 Å². The second-order valence-electron chi connectivity index (χ2n) is 6.98. The highest BCUT2D eigenvalue weighted by Crippen LogP contribution is 2.19. The van der Waals surface area contributed by atoms with Gasteiger partial charge in [-0.15, -0.1) is 12.4 Å². The van der Waals surface area contributed by atoms with E-state index in [0.717, 1.165) is 32.4 Å². The number of rotatable bonds is 7. The van der Waals surface area contributed by atoms with Crippen molar-refractivity contribution < 1.29 is 4.79 Å². The molecule has 2 unspecified atom stereocenters. The maximum Gasteiger partial charge on any atom is 0.239 e. The number of nitrogens with two attached hydrogens (primary N) is 1. The summed E-state index contributed by atoms with van der Waals surface area (Å²) in [6.07, 6.45) is 5.26. The second kappa shape index (κ2) is 10.0. The summed E-state index contributed by atoms with van der Waals surface area (Å²) >= 11 is 0. The SMILES string of the molecule is CCCC(C)(N)C(=O)NCC1CCCCN1Cc1ccccc1.Cl. The van der Waals surface area contributed by atoms with Gasteiger partial charge in [-0.05, 0) is 38.3 Å². The zero-order valence-electron chi connectivity index (χ0n) is 15.0. The standard InChI is InChI=1S/C19H31N3O.ClH/c1-3-12-19(2,20)18(23)21-14-17-11-7-8-13-22(17)15-16-9-5-4-6-10-16;/h4-6,9-10,17H,3,7-8,11-15,20H2,1-2H3,(H,21,23);1H. The van der Waals surface area contributed by atoms with E-state index in [-0.39, 0.29) is 18.3 Å². The number of halogens is 1. The van der Waals surface area contributed by atoms with Crippen LogP contribution in [0.2, 0.25) is 0 Å². The maximum atomic E-state index is 12.3. The number of nitrogens with zero attached hydrogens (tertiary/aromatic N) is 1. The van der Waals surface area contributed by atoms with Crippen molar-refractivity contribution in [2.24, 2.45) is 5.73 Å². The van der Waals surface area contributed by atoms with Crippen LogP contribution in [0, 0.1) is 0 Å². The molecule has 1 fully saturated rings. The molecule has 3 N–H and O–H groups in total. The Bertz CT molecular complexity index is 493. The van der Waals surface area contributed by atoms with Gasteiger partial charge >= 0.3 is 0 Å². The molecule has 2 rings (SSSR count). The van der Waals surface area contributed by atoms with E-state index in [1.54, 1.807) is 0 Å². The van der Waals surface area contributed by atoms with Crippen LogP contribution in [-0.2, 0) is 11.3 Å². The first-order valence-corrected chi connectivity index (χ1v) is 8.88. The van der Waals surface area contributed by atoms with Crippen molar-refractivity contribution in [3.05, 3.63) is 35.9 Å². The summed E-state index contributed by atoms with van der Waals surface area (Å²) in [6, 6.07) is 11.0. The summed E-state index contributed by atoms with van der Waals surface area (Å²) in [4.78, 5) is 14.8. The molecule has 2 atom stereocenters. The minimum Gasteiger partial charge on any atom is -0.353 e. The third-order valence-corrected chi connectivity index (χ3v) is 4.76. The molecule has 1 saturated heterocycles. The first-order chi connectivity index (χ1) is 11.0. The van der Waals surface area contributed by atoms with Crippen LogP contribution >= 0.6 is 12.4 Å². The lowest BCUT2D eigenvalue weighted by Crippen LogP contribution is -2.55. The van der Waals surface area contributed by atoms with Gasteiger partial charge in [-0.2, -0.15) is 0 Å². The smallest absolute Gasteiger partial charge is 0.239 e. The average molecular weight is 354 g/mol. The first-order valence-electron chi connectivity index (χ1n) is 8.88. The molecule has 0 radical (unpaired) electrons. The van der Waals surface area contributed by atoms with Crippen LogP contribution in [0.5, 0.6) is 0 Å². The Morgan fingerprint density at radius 2 is 2.04 bits per heavy atom. The van der Waals surface area contributed by atoms with Gasteiger partial charge in [0.05, 0.1) is 5.54 Å². The molecule has 0 bridgehead atoms. The Kier molecular flexibility index (Phi) is 8.74. The quantitative estimate of drug-likeness (QED) is 0.791. The topological polar surface area (TPSA) is 58.4 Å². The fraction of sp³-hybridized carbons (Fsp3) is 0.632. The fourth-order valence-corrected chi connectivity index (χ4v) is 3.36. The predicted octanol–water partition coefficient (Wildman–Crippen LogP) is 3.10. The molecular formula is C19H32ClN3O. The van der Waals surface area contributed by atoms with Crippen molar-refractivity contribution in [3.63, 3.8) is 0 Å². The van der Waals surface area contributed by atoms with Crippen LogP contribution in [-0.4, -0.2) is 35.5 Å². The third kappa shape index (κ3) is 6.08. The number of hydrogen-bond acceptors (Lipinski definition) is 3. The summed E-state index contributed by atoms with van der Waals surface area (Å²) in [6.45, 7) is 6.64. The van der Waals surface area contributed by atoms with E-state index in [1.165, 1.54) is 18.4 Å². The molecule has 1 heterocycles. The lowest BCUT2D eigenvalue weighted by molar-refractivity contribution is -0.126. The normalized spacial score (nSPS) is 20.7. The number of carbonyl (C=O) groups is 1. The first kappa shape index (κ1) is 20.9. The maximum absolute atomic E-state index is 12.3. The molecule has 0 saturated carbocycles. The van der Waals surface area contributed by atoms with E-state index in [1.807, 2.05) is 13.0 Å². The van der Waals surface area contributed by atoms with E-state index in [4.69, 9.17) is 5.73 Å². The van der Waals surface area contributed by atoms with Crippen molar-refractivity contribution in [3.8, 4) is 0 Å². The molecule has 1 aliphatic rings. The Hall–Kier alpha value is -1.10. The highest BCUT2D eigenvalue weighted by atomic mass is 35.5. The van der Waals surface area contributed by atoms with Gasteiger partial charge in [-0.1, -0.05) is 50.1 Å². The molecular weight excluding hydrogens is 322 g/mol. The van der Waals surface area contributed by atoms with E-state index in [0.29, 0.717) is 12.6 Å². The predicted molar refractivity (Wildman–Crippen MR) is 102 cm³/mol. The number of piperidine rings is 1. The van der Waals surface area contributed by atoms with Crippen molar-refractivity contribution in [2.75, 3.05) is 13.1 Å². The van der Waals surface area contributed by atoms with Crippen molar-refractivity contribution in [1.29, 1.82) is 0 Å². The zero-order valence-corrected chi connectivity index (χ0v) is 15.8. The van der Waals surface area contributed by atoms with Crippen LogP contribution in [0.4, 0.5) is 0 Å². The van der Waals surface area contributed by atoms with Gasteiger partial charge in [-0.25, -0.2) is 0 Å². The third-order valence-electron chi connectivity index (χ3n) is 4.76. The van der Waals surface area contributed by atoms with Crippen LogP contribution in [0.25, 0.3) is 0 Å². The Morgan fingerprint density at radius 3 is 2.71 bits per heavy atom. The molecule has 4 nitrogen and oxygen atoms in total. The van der Waals surface area contributed by atoms with Crippen molar-refractivity contribution >= 4 is 18.3 Å². The monoisotopic (exact) mass is 353 g/mol. The van der Waals surface area contributed by atoms with E-state index < -0.39 is 5.54 Å². The Balaban J connectivity index is 0.00000288. The van der Waals surface area contributed by atoms with Crippen LogP contribution in [0.1, 0.15) is 51.5 Å². The van der Waals surface area contributed by atoms with E-state index >= 15 is 0 Å². The lowest BCUT2D eigenvalue weighted by Gasteiger charge is -2.36. The Labute approximate surface area is 152 Å². The number of hydrogen-bond donors (Lipinski definition) is 2. The summed E-state index contributed by atoms with van der Waals surface area (Å²) < 4.78 is 0. The number of nitrogens with one attached hydrogen (secondary N) is 1. The largest absolute Gasteiger partial charge is 0.353 e. The zero-order chi connectivity index (χ0) is 16.7. The van der Waals surface area contributed by atoms with Crippen molar-refractivity contribution in [1.82, 2.24) is 10.2 Å². The summed E-state index contributed by atoms with van der Waals surface area (Å²) in [5, 5.41) is 3.09. The van der Waals surface area contributed by atoms with Crippen molar-refractivity contribution in [2.45, 2.75) is 64.1 Å². The van der Waals surface area contributed by atoms with Crippen LogP contribution < -0.4 is 11.1 Å². The second-order valence-corrected chi connectivity index (χ2v) is 6.98. The molecule has 5 heteroatoms.